The summed E-state index contributed by atoms with van der Waals surface area (Å²) in [6.07, 6.45) is 5.18. The van der Waals surface area contributed by atoms with Crippen molar-refractivity contribution in [1.29, 1.82) is 0 Å². The Morgan fingerprint density at radius 1 is 1.07 bits per heavy atom. The van der Waals surface area contributed by atoms with Crippen LogP contribution in [-0.2, 0) is 6.54 Å². The van der Waals surface area contributed by atoms with Gasteiger partial charge in [0.1, 0.15) is 16.2 Å². The van der Waals surface area contributed by atoms with Crippen LogP contribution in [0.5, 0.6) is 0 Å². The first-order chi connectivity index (χ1) is 13.1. The molecular weight excluding hydrogens is 411 g/mol. The summed E-state index contributed by atoms with van der Waals surface area (Å²) in [4.78, 5) is 21.2. The third-order valence-electron chi connectivity index (χ3n) is 4.16. The number of carbonyl (C=O) groups excluding carboxylic acids is 1. The smallest absolute Gasteiger partial charge is 0.253 e. The summed E-state index contributed by atoms with van der Waals surface area (Å²) in [5, 5.41) is 2.90. The second kappa shape index (κ2) is 7.28. The number of nitrogens with zero attached hydrogens (tertiary/aromatic N) is 3. The van der Waals surface area contributed by atoms with E-state index in [1.54, 1.807) is 36.7 Å². The first kappa shape index (κ1) is 17.4. The van der Waals surface area contributed by atoms with Gasteiger partial charge in [0, 0.05) is 24.5 Å². The fourth-order valence-electron chi connectivity index (χ4n) is 2.81. The molecule has 27 heavy (non-hydrogen) atoms. The van der Waals surface area contributed by atoms with E-state index < -0.39 is 0 Å². The van der Waals surface area contributed by atoms with Crippen LogP contribution in [0, 0.1) is 5.82 Å². The molecule has 1 aromatic carbocycles. The number of amides is 1. The fourth-order valence-corrected chi connectivity index (χ4v) is 3.05. The normalized spacial score (nSPS) is 10.9. The molecule has 0 aliphatic heterocycles. The Balaban J connectivity index is 1.61. The van der Waals surface area contributed by atoms with Crippen LogP contribution in [0.3, 0.4) is 0 Å². The number of benzene rings is 1. The SMILES string of the molecule is O=C(NCc1ccc(Br)nc1)c1cccn2c(-c3ccc(F)cc3)ncc12. The Labute approximate surface area is 163 Å². The summed E-state index contributed by atoms with van der Waals surface area (Å²) in [5.74, 6) is 0.146. The highest BCUT2D eigenvalue weighted by atomic mass is 79.9. The average molecular weight is 425 g/mol. The Morgan fingerprint density at radius 3 is 2.63 bits per heavy atom. The van der Waals surface area contributed by atoms with Crippen molar-refractivity contribution in [2.45, 2.75) is 6.54 Å². The number of hydrogen-bond donors (Lipinski definition) is 1. The lowest BCUT2D eigenvalue weighted by atomic mass is 10.2. The highest BCUT2D eigenvalue weighted by Crippen LogP contribution is 2.22. The van der Waals surface area contributed by atoms with Crippen LogP contribution in [0.25, 0.3) is 16.9 Å². The molecule has 0 saturated carbocycles. The number of aromatic nitrogens is 3. The minimum Gasteiger partial charge on any atom is -0.348 e. The number of rotatable bonds is 4. The monoisotopic (exact) mass is 424 g/mol. The molecule has 0 aliphatic carbocycles. The highest BCUT2D eigenvalue weighted by molar-refractivity contribution is 9.10. The Hall–Kier alpha value is -3.06. The Kier molecular flexibility index (Phi) is 4.68. The number of imidazole rings is 1. The molecular formula is C20H14BrFN4O. The third-order valence-corrected chi connectivity index (χ3v) is 4.63. The molecule has 134 valence electrons. The number of nitrogens with one attached hydrogen (secondary N) is 1. The average Bonchev–Trinajstić information content (AvgIpc) is 3.12. The molecule has 7 heteroatoms. The van der Waals surface area contributed by atoms with Gasteiger partial charge in [-0.2, -0.15) is 0 Å². The van der Waals surface area contributed by atoms with Crippen molar-refractivity contribution >= 4 is 27.4 Å². The highest BCUT2D eigenvalue weighted by Gasteiger charge is 2.14. The molecule has 0 aliphatic rings. The van der Waals surface area contributed by atoms with Gasteiger partial charge in [-0.1, -0.05) is 6.07 Å². The lowest BCUT2D eigenvalue weighted by molar-refractivity contribution is 0.0952. The molecule has 0 bridgehead atoms. The van der Waals surface area contributed by atoms with Gasteiger partial charge >= 0.3 is 0 Å². The van der Waals surface area contributed by atoms with Crippen LogP contribution in [0.15, 0.2) is 71.7 Å². The van der Waals surface area contributed by atoms with E-state index in [4.69, 9.17) is 0 Å². The second-order valence-electron chi connectivity index (χ2n) is 5.94. The summed E-state index contributed by atoms with van der Waals surface area (Å²) in [5.41, 5.74) is 2.88. The molecule has 0 atom stereocenters. The van der Waals surface area contributed by atoms with Gasteiger partial charge in [0.15, 0.2) is 0 Å². The summed E-state index contributed by atoms with van der Waals surface area (Å²) >= 11 is 3.29. The lowest BCUT2D eigenvalue weighted by Crippen LogP contribution is -2.23. The van der Waals surface area contributed by atoms with Gasteiger partial charge in [0.2, 0.25) is 0 Å². The number of halogens is 2. The van der Waals surface area contributed by atoms with Gasteiger partial charge in [0.25, 0.3) is 5.91 Å². The molecule has 0 radical (unpaired) electrons. The van der Waals surface area contributed by atoms with E-state index in [1.165, 1.54) is 12.1 Å². The van der Waals surface area contributed by atoms with Crippen molar-refractivity contribution < 1.29 is 9.18 Å². The van der Waals surface area contributed by atoms with Crippen LogP contribution in [-0.4, -0.2) is 20.3 Å². The van der Waals surface area contributed by atoms with Crippen LogP contribution in [0.1, 0.15) is 15.9 Å². The van der Waals surface area contributed by atoms with Crippen LogP contribution in [0.4, 0.5) is 4.39 Å². The van der Waals surface area contributed by atoms with Crippen molar-refractivity contribution in [3.05, 3.63) is 88.7 Å². The molecule has 1 N–H and O–H groups in total. The maximum absolute atomic E-state index is 13.2. The first-order valence-corrected chi connectivity index (χ1v) is 9.02. The van der Waals surface area contributed by atoms with E-state index in [0.717, 1.165) is 15.7 Å². The Bertz CT molecular complexity index is 1110. The predicted octanol–water partition coefficient (Wildman–Crippen LogP) is 4.23. The summed E-state index contributed by atoms with van der Waals surface area (Å²) < 4.78 is 15.7. The topological polar surface area (TPSA) is 59.3 Å². The summed E-state index contributed by atoms with van der Waals surface area (Å²) in [6.45, 7) is 0.374. The summed E-state index contributed by atoms with van der Waals surface area (Å²) in [6, 6.07) is 13.4. The number of pyridine rings is 2. The molecule has 0 fully saturated rings. The quantitative estimate of drug-likeness (QED) is 0.498. The van der Waals surface area contributed by atoms with Gasteiger partial charge in [-0.3, -0.25) is 9.20 Å². The fraction of sp³-hybridized carbons (Fsp3) is 0.0500. The van der Waals surface area contributed by atoms with Crippen molar-refractivity contribution in [2.24, 2.45) is 0 Å². The van der Waals surface area contributed by atoms with Gasteiger partial charge < -0.3 is 5.32 Å². The van der Waals surface area contributed by atoms with E-state index in [2.05, 4.69) is 31.2 Å². The number of hydrogen-bond acceptors (Lipinski definition) is 3. The third kappa shape index (κ3) is 3.59. The minimum atomic E-state index is -0.304. The minimum absolute atomic E-state index is 0.200. The molecule has 3 heterocycles. The Morgan fingerprint density at radius 2 is 1.89 bits per heavy atom. The molecule has 4 aromatic rings. The van der Waals surface area contributed by atoms with Crippen LogP contribution < -0.4 is 5.32 Å². The number of carbonyl (C=O) groups is 1. The van der Waals surface area contributed by atoms with Crippen molar-refractivity contribution in [1.82, 2.24) is 19.7 Å². The zero-order chi connectivity index (χ0) is 18.8. The standard InChI is InChI=1S/C20H14BrFN4O/c21-18-8-3-13(10-23-18)11-25-20(27)16-2-1-9-26-17(16)12-24-19(26)14-4-6-15(22)7-5-14/h1-10,12H,11H2,(H,25,27). The largest absolute Gasteiger partial charge is 0.348 e. The second-order valence-corrected chi connectivity index (χ2v) is 6.75. The van der Waals surface area contributed by atoms with E-state index >= 15 is 0 Å². The van der Waals surface area contributed by atoms with E-state index in [0.29, 0.717) is 23.4 Å². The first-order valence-electron chi connectivity index (χ1n) is 8.22. The van der Waals surface area contributed by atoms with Gasteiger partial charge in [-0.25, -0.2) is 14.4 Å². The molecule has 3 aromatic heterocycles. The van der Waals surface area contributed by atoms with Gasteiger partial charge in [-0.15, -0.1) is 0 Å². The zero-order valence-corrected chi connectivity index (χ0v) is 15.6. The van der Waals surface area contributed by atoms with Crippen molar-refractivity contribution in [3.63, 3.8) is 0 Å². The van der Waals surface area contributed by atoms with Crippen LogP contribution in [0.2, 0.25) is 0 Å². The maximum atomic E-state index is 13.2. The van der Waals surface area contributed by atoms with E-state index in [9.17, 15) is 9.18 Å². The molecule has 0 saturated heterocycles. The zero-order valence-electron chi connectivity index (χ0n) is 14.1. The molecule has 0 unspecified atom stereocenters. The molecule has 4 rings (SSSR count). The van der Waals surface area contributed by atoms with Crippen molar-refractivity contribution in [2.75, 3.05) is 0 Å². The summed E-state index contributed by atoms with van der Waals surface area (Å²) in [7, 11) is 0. The van der Waals surface area contributed by atoms with E-state index in [-0.39, 0.29) is 11.7 Å². The van der Waals surface area contributed by atoms with Gasteiger partial charge in [-0.05, 0) is 64.0 Å². The van der Waals surface area contributed by atoms with Crippen molar-refractivity contribution in [3.8, 4) is 11.4 Å². The van der Waals surface area contributed by atoms with E-state index in [1.807, 2.05) is 22.7 Å². The maximum Gasteiger partial charge on any atom is 0.253 e. The van der Waals surface area contributed by atoms with Gasteiger partial charge in [0.05, 0.1) is 17.3 Å². The molecule has 5 nitrogen and oxygen atoms in total. The predicted molar refractivity (Wildman–Crippen MR) is 104 cm³/mol. The molecule has 0 spiro atoms. The number of fused-ring (bicyclic) bond motifs is 1. The molecule has 1 amide bonds. The lowest BCUT2D eigenvalue weighted by Gasteiger charge is -2.08. The van der Waals surface area contributed by atoms with Crippen LogP contribution >= 0.6 is 15.9 Å².